The van der Waals surface area contributed by atoms with E-state index in [1.54, 1.807) is 30.7 Å². The molecule has 0 aliphatic carbocycles. The van der Waals surface area contributed by atoms with E-state index < -0.39 is 0 Å². The molecule has 0 bridgehead atoms. The van der Waals surface area contributed by atoms with Gasteiger partial charge in [-0.05, 0) is 47.4 Å². The highest BCUT2D eigenvalue weighted by Gasteiger charge is 2.33. The minimum atomic E-state index is -0.355. The van der Waals surface area contributed by atoms with Gasteiger partial charge in [-0.25, -0.2) is 0 Å². The summed E-state index contributed by atoms with van der Waals surface area (Å²) in [5, 5.41) is 2.90. The number of nitrogens with one attached hydrogen (secondary N) is 1. The molecule has 1 fully saturated rings. The van der Waals surface area contributed by atoms with E-state index in [4.69, 9.17) is 17.0 Å². The van der Waals surface area contributed by atoms with Crippen molar-refractivity contribution in [1.29, 1.82) is 0 Å². The third-order valence-corrected chi connectivity index (χ3v) is 5.34. The van der Waals surface area contributed by atoms with Crippen LogP contribution in [0, 0.1) is 0 Å². The fourth-order valence-electron chi connectivity index (χ4n) is 1.98. The van der Waals surface area contributed by atoms with Crippen LogP contribution >= 0.6 is 35.3 Å². The van der Waals surface area contributed by atoms with Gasteiger partial charge in [0.15, 0.2) is 4.32 Å². The molecule has 1 aliphatic rings. The van der Waals surface area contributed by atoms with Crippen molar-refractivity contribution < 1.29 is 14.3 Å². The van der Waals surface area contributed by atoms with Crippen molar-refractivity contribution in [2.45, 2.75) is 0 Å². The van der Waals surface area contributed by atoms with Crippen LogP contribution in [0.5, 0.6) is 5.75 Å². The Bertz CT molecular complexity index is 814. The molecule has 1 aromatic heterocycles. The van der Waals surface area contributed by atoms with Crippen LogP contribution in [0.4, 0.5) is 0 Å². The van der Waals surface area contributed by atoms with Crippen LogP contribution in [-0.4, -0.2) is 28.3 Å². The number of thioether (sulfide) groups is 1. The first-order valence-electron chi connectivity index (χ1n) is 6.85. The van der Waals surface area contributed by atoms with Crippen molar-refractivity contribution in [3.05, 3.63) is 57.1 Å². The van der Waals surface area contributed by atoms with E-state index in [-0.39, 0.29) is 11.8 Å². The summed E-state index contributed by atoms with van der Waals surface area (Å²) in [5.74, 6) is 0.0423. The SMILES string of the molecule is COc1ccc(C=C2SC(=S)N(NC(=O)c3cccs3)C2=O)cc1. The van der Waals surface area contributed by atoms with Gasteiger partial charge in [0, 0.05) is 0 Å². The van der Waals surface area contributed by atoms with Gasteiger partial charge in [0.1, 0.15) is 5.75 Å². The molecule has 0 saturated carbocycles. The molecule has 5 nitrogen and oxygen atoms in total. The third kappa shape index (κ3) is 3.50. The zero-order chi connectivity index (χ0) is 17.1. The van der Waals surface area contributed by atoms with Crippen molar-refractivity contribution in [2.75, 3.05) is 7.11 Å². The van der Waals surface area contributed by atoms with Gasteiger partial charge in [-0.3, -0.25) is 15.0 Å². The molecule has 122 valence electrons. The molecule has 0 spiro atoms. The van der Waals surface area contributed by atoms with Gasteiger partial charge < -0.3 is 4.74 Å². The maximum atomic E-state index is 12.5. The molecular formula is C16H12N2O3S3. The van der Waals surface area contributed by atoms with E-state index in [0.717, 1.165) is 28.1 Å². The lowest BCUT2D eigenvalue weighted by Gasteiger charge is -2.14. The van der Waals surface area contributed by atoms with Crippen LogP contribution in [0.15, 0.2) is 46.7 Å². The number of ether oxygens (including phenoxy) is 1. The number of carbonyl (C=O) groups excluding carboxylic acids is 2. The van der Waals surface area contributed by atoms with Crippen LogP contribution in [0.3, 0.4) is 0 Å². The zero-order valence-electron chi connectivity index (χ0n) is 12.5. The van der Waals surface area contributed by atoms with Gasteiger partial charge in [0.05, 0.1) is 16.9 Å². The van der Waals surface area contributed by atoms with E-state index in [1.165, 1.54) is 11.3 Å². The summed E-state index contributed by atoms with van der Waals surface area (Å²) in [6.45, 7) is 0. The number of methoxy groups -OCH3 is 1. The van der Waals surface area contributed by atoms with Crippen LogP contribution in [0.2, 0.25) is 0 Å². The van der Waals surface area contributed by atoms with Gasteiger partial charge in [0.25, 0.3) is 11.8 Å². The summed E-state index contributed by atoms with van der Waals surface area (Å²) in [4.78, 5) is 25.5. The summed E-state index contributed by atoms with van der Waals surface area (Å²) < 4.78 is 5.40. The van der Waals surface area contributed by atoms with E-state index in [9.17, 15) is 9.59 Å². The minimum Gasteiger partial charge on any atom is -0.497 e. The monoisotopic (exact) mass is 376 g/mol. The number of rotatable bonds is 4. The molecule has 24 heavy (non-hydrogen) atoms. The second kappa shape index (κ2) is 7.16. The van der Waals surface area contributed by atoms with E-state index >= 15 is 0 Å². The standard InChI is InChI=1S/C16H12N2O3S3/c1-21-11-6-4-10(5-7-11)9-13-15(20)18(16(22)24-13)17-14(19)12-3-2-8-23-12/h2-9H,1H3,(H,17,19). The lowest BCUT2D eigenvalue weighted by Crippen LogP contribution is -2.44. The number of thiophene rings is 1. The van der Waals surface area contributed by atoms with Crippen molar-refractivity contribution in [3.63, 3.8) is 0 Å². The lowest BCUT2D eigenvalue weighted by atomic mass is 10.2. The number of amides is 2. The highest BCUT2D eigenvalue weighted by atomic mass is 32.2. The normalized spacial score (nSPS) is 15.9. The highest BCUT2D eigenvalue weighted by Crippen LogP contribution is 2.31. The fourth-order valence-corrected chi connectivity index (χ4v) is 3.77. The minimum absolute atomic E-state index is 0.296. The van der Waals surface area contributed by atoms with Crippen molar-refractivity contribution in [2.24, 2.45) is 0 Å². The molecule has 1 saturated heterocycles. The molecule has 2 heterocycles. The van der Waals surface area contributed by atoms with Crippen molar-refractivity contribution in [1.82, 2.24) is 10.4 Å². The van der Waals surface area contributed by atoms with E-state index in [0.29, 0.717) is 14.1 Å². The van der Waals surface area contributed by atoms with Crippen LogP contribution in [-0.2, 0) is 4.79 Å². The maximum absolute atomic E-state index is 12.5. The van der Waals surface area contributed by atoms with Gasteiger partial charge in [0.2, 0.25) is 0 Å². The van der Waals surface area contributed by atoms with E-state index in [1.807, 2.05) is 24.3 Å². The average Bonchev–Trinajstić information content (AvgIpc) is 3.20. The highest BCUT2D eigenvalue weighted by molar-refractivity contribution is 8.26. The van der Waals surface area contributed by atoms with Crippen molar-refractivity contribution in [3.8, 4) is 5.75 Å². The van der Waals surface area contributed by atoms with Gasteiger partial charge in [-0.2, -0.15) is 5.01 Å². The molecule has 3 rings (SSSR count). The van der Waals surface area contributed by atoms with Crippen molar-refractivity contribution >= 4 is 57.5 Å². The topological polar surface area (TPSA) is 58.6 Å². The summed E-state index contributed by atoms with van der Waals surface area (Å²) in [7, 11) is 1.59. The Balaban J connectivity index is 1.75. The van der Waals surface area contributed by atoms with Crippen LogP contribution < -0.4 is 10.2 Å². The smallest absolute Gasteiger partial charge is 0.285 e. The molecule has 0 atom stereocenters. The Morgan fingerprint density at radius 2 is 2.04 bits per heavy atom. The molecule has 2 aromatic rings. The number of hydrazine groups is 1. The first-order valence-corrected chi connectivity index (χ1v) is 8.95. The number of hydrogen-bond donors (Lipinski definition) is 1. The summed E-state index contributed by atoms with van der Waals surface area (Å²) in [5.41, 5.74) is 3.40. The zero-order valence-corrected chi connectivity index (χ0v) is 15.0. The lowest BCUT2D eigenvalue weighted by molar-refractivity contribution is -0.123. The molecule has 0 radical (unpaired) electrons. The first-order chi connectivity index (χ1) is 11.6. The number of thiocarbonyl (C=S) groups is 1. The summed E-state index contributed by atoms with van der Waals surface area (Å²) in [6, 6.07) is 10.8. The maximum Gasteiger partial charge on any atom is 0.285 e. The Hall–Kier alpha value is -2.16. The van der Waals surface area contributed by atoms with Crippen LogP contribution in [0.1, 0.15) is 15.2 Å². The second-order valence-electron chi connectivity index (χ2n) is 4.71. The van der Waals surface area contributed by atoms with Gasteiger partial charge in [-0.15, -0.1) is 11.3 Å². The Morgan fingerprint density at radius 3 is 2.67 bits per heavy atom. The third-order valence-electron chi connectivity index (χ3n) is 3.17. The number of carbonyl (C=O) groups is 2. The summed E-state index contributed by atoms with van der Waals surface area (Å²) >= 11 is 7.64. The van der Waals surface area contributed by atoms with E-state index in [2.05, 4.69) is 5.43 Å². The number of benzene rings is 1. The molecule has 1 N–H and O–H groups in total. The quantitative estimate of drug-likeness (QED) is 0.655. The fraction of sp³-hybridized carbons (Fsp3) is 0.0625. The molecule has 1 aliphatic heterocycles. The number of hydrogen-bond acceptors (Lipinski definition) is 6. The largest absolute Gasteiger partial charge is 0.497 e. The van der Waals surface area contributed by atoms with Crippen LogP contribution in [0.25, 0.3) is 6.08 Å². The molecule has 8 heteroatoms. The van der Waals surface area contributed by atoms with Gasteiger partial charge in [-0.1, -0.05) is 30.0 Å². The predicted octanol–water partition coefficient (Wildman–Crippen LogP) is 3.30. The molecule has 0 unspecified atom stereocenters. The predicted molar refractivity (Wildman–Crippen MR) is 99.8 cm³/mol. The Morgan fingerprint density at radius 1 is 1.29 bits per heavy atom. The summed E-state index contributed by atoms with van der Waals surface area (Å²) in [6.07, 6.45) is 1.73. The Labute approximate surface area is 152 Å². The average molecular weight is 376 g/mol. The molecule has 1 aromatic carbocycles. The van der Waals surface area contributed by atoms with Gasteiger partial charge >= 0.3 is 0 Å². The second-order valence-corrected chi connectivity index (χ2v) is 7.33. The number of nitrogens with zero attached hydrogens (tertiary/aromatic N) is 1. The first kappa shape index (κ1) is 16.7. The molecule has 2 amide bonds. The molecular weight excluding hydrogens is 364 g/mol. The Kier molecular flexibility index (Phi) is 4.98.